The van der Waals surface area contributed by atoms with Crippen LogP contribution >= 0.6 is 23.5 Å². The zero-order chi connectivity index (χ0) is 36.8. The Labute approximate surface area is 249 Å². The Bertz CT molecular complexity index is 967. The Morgan fingerprint density at radius 2 is 0.783 bits per heavy atom. The van der Waals surface area contributed by atoms with Crippen molar-refractivity contribution in [3.63, 3.8) is 0 Å². The number of ether oxygens (including phenoxy) is 4. The highest BCUT2D eigenvalue weighted by molar-refractivity contribution is 8.00. The quantitative estimate of drug-likeness (QED) is 0.0616. The van der Waals surface area contributed by atoms with E-state index < -0.39 is 120 Å². The summed E-state index contributed by atoms with van der Waals surface area (Å²) < 4.78 is 267. The number of hydrogen-bond acceptors (Lipinski definition) is 8. The molecule has 28 heteroatoms. The summed E-state index contributed by atoms with van der Waals surface area (Å²) in [5.41, 5.74) is 0. The molecule has 0 aromatic carbocycles. The van der Waals surface area contributed by atoms with Crippen molar-refractivity contribution >= 4 is 35.5 Å². The van der Waals surface area contributed by atoms with Crippen LogP contribution in [0.1, 0.15) is 0 Å². The van der Waals surface area contributed by atoms with E-state index in [0.29, 0.717) is 0 Å². The minimum absolute atomic E-state index is 0.127. The largest absolute Gasteiger partial charge is 0.462 e. The van der Waals surface area contributed by atoms with Gasteiger partial charge in [-0.05, 0) is 0 Å². The summed E-state index contributed by atoms with van der Waals surface area (Å²) in [4.78, 5) is 22.7. The molecule has 0 aliphatic carbocycles. The van der Waals surface area contributed by atoms with Crippen LogP contribution in [-0.4, -0.2) is 96.3 Å². The van der Waals surface area contributed by atoms with Gasteiger partial charge in [0.25, 0.3) is 12.7 Å². The number of hydrogen-bond donors (Lipinski definition) is 0. The van der Waals surface area contributed by atoms with Crippen LogP contribution in [0.5, 0.6) is 0 Å². The number of halogens is 20. The molecule has 0 amide bonds. The number of alkyl halides is 20. The third-order valence-electron chi connectivity index (χ3n) is 4.07. The van der Waals surface area contributed by atoms with E-state index in [1.165, 1.54) is 0 Å². The van der Waals surface area contributed by atoms with Crippen LogP contribution in [0.25, 0.3) is 0 Å². The Kier molecular flexibility index (Phi) is 14.7. The number of thioether (sulfide) groups is 2. The summed E-state index contributed by atoms with van der Waals surface area (Å²) in [6, 6.07) is 0. The lowest BCUT2D eigenvalue weighted by Gasteiger charge is -2.30. The molecule has 0 fully saturated rings. The minimum Gasteiger partial charge on any atom is -0.462 e. The van der Waals surface area contributed by atoms with Gasteiger partial charge in [-0.1, -0.05) is 23.5 Å². The number of carbonyl (C=O) groups is 2. The van der Waals surface area contributed by atoms with Crippen LogP contribution in [0.3, 0.4) is 0 Å². The maximum absolute atomic E-state index is 13.4. The fraction of sp³-hybridized carbons (Fsp3) is 0.778. The van der Waals surface area contributed by atoms with Gasteiger partial charge in [-0.2, -0.15) is 79.0 Å². The summed E-state index contributed by atoms with van der Waals surface area (Å²) in [7, 11) is 0. The average Bonchev–Trinajstić information content (AvgIpc) is 2.85. The molecular weight excluding hydrogens is 756 g/mol. The standard InChI is InChI=1S/C18H12F20O6S2/c19-9(43-17(35,36)13(25,26)15(29,30)31)11(21,22)45-5-3-41-7(39)1-2-8(40)42-4-6-46-12(23,24)10(20)44-18(37,38)14(27,28)16(32,33)34/h1-2,9-10H,3-6H2/b2-1-. The third kappa shape index (κ3) is 11.9. The molecule has 0 heterocycles. The molecule has 272 valence electrons. The van der Waals surface area contributed by atoms with Crippen molar-refractivity contribution in [1.29, 1.82) is 0 Å². The van der Waals surface area contributed by atoms with E-state index in [2.05, 4.69) is 18.9 Å². The number of carbonyl (C=O) groups excluding carboxylic acids is 2. The van der Waals surface area contributed by atoms with Crippen molar-refractivity contribution in [3.8, 4) is 0 Å². The highest BCUT2D eigenvalue weighted by Crippen LogP contribution is 2.50. The summed E-state index contributed by atoms with van der Waals surface area (Å²) in [5.74, 6) is -20.0. The first-order valence-corrected chi connectivity index (χ1v) is 12.6. The molecule has 0 aliphatic heterocycles. The van der Waals surface area contributed by atoms with Gasteiger partial charge in [0.2, 0.25) is 0 Å². The highest BCUT2D eigenvalue weighted by Gasteiger charge is 2.77. The lowest BCUT2D eigenvalue weighted by atomic mass is 10.3. The lowest BCUT2D eigenvalue weighted by molar-refractivity contribution is -0.446. The third-order valence-corrected chi connectivity index (χ3v) is 5.96. The second kappa shape index (κ2) is 15.4. The van der Waals surface area contributed by atoms with E-state index in [1.54, 1.807) is 0 Å². The first-order chi connectivity index (χ1) is 20.3. The van der Waals surface area contributed by atoms with Crippen molar-refractivity contribution in [2.45, 2.75) is 59.6 Å². The molecule has 0 spiro atoms. The normalized spacial score (nSPS) is 16.0. The monoisotopic (exact) mass is 768 g/mol. The first kappa shape index (κ1) is 43.9. The Morgan fingerprint density at radius 3 is 1.02 bits per heavy atom. The molecule has 0 saturated carbocycles. The highest BCUT2D eigenvalue weighted by atomic mass is 32.2. The van der Waals surface area contributed by atoms with Crippen LogP contribution in [0.4, 0.5) is 87.8 Å². The van der Waals surface area contributed by atoms with E-state index >= 15 is 0 Å². The van der Waals surface area contributed by atoms with Crippen LogP contribution < -0.4 is 0 Å². The molecule has 0 aliphatic rings. The van der Waals surface area contributed by atoms with E-state index in [0.717, 1.165) is 0 Å². The van der Waals surface area contributed by atoms with Gasteiger partial charge in [0.15, 0.2) is 0 Å². The van der Waals surface area contributed by atoms with Gasteiger partial charge in [-0.25, -0.2) is 18.4 Å². The molecule has 0 N–H and O–H groups in total. The number of esters is 2. The van der Waals surface area contributed by atoms with Crippen molar-refractivity contribution in [3.05, 3.63) is 12.2 Å². The molecule has 0 rings (SSSR count). The second-order valence-corrected chi connectivity index (χ2v) is 10.0. The molecular formula is C18H12F20O6S2. The predicted octanol–water partition coefficient (Wildman–Crippen LogP) is 7.49. The minimum atomic E-state index is -7.09. The maximum Gasteiger partial charge on any atom is 0.462 e. The fourth-order valence-electron chi connectivity index (χ4n) is 1.88. The maximum atomic E-state index is 13.4. The Balaban J connectivity index is 4.67. The topological polar surface area (TPSA) is 71.1 Å². The molecule has 0 aromatic rings. The van der Waals surface area contributed by atoms with Crippen molar-refractivity contribution in [2.24, 2.45) is 0 Å². The Hall–Kier alpha value is -2.10. The van der Waals surface area contributed by atoms with E-state index in [-0.39, 0.29) is 12.2 Å². The second-order valence-electron chi connectivity index (χ2n) is 7.53. The summed E-state index contributed by atoms with van der Waals surface area (Å²) >= 11 is -2.16. The van der Waals surface area contributed by atoms with Crippen molar-refractivity contribution < 1.29 is 116 Å². The van der Waals surface area contributed by atoms with Gasteiger partial charge in [-0.3, -0.25) is 9.47 Å². The summed E-state index contributed by atoms with van der Waals surface area (Å²) in [6.07, 6.45) is -36.9. The van der Waals surface area contributed by atoms with Gasteiger partial charge in [0, 0.05) is 23.7 Å². The van der Waals surface area contributed by atoms with E-state index in [9.17, 15) is 97.4 Å². The molecule has 0 aromatic heterocycles. The predicted molar refractivity (Wildman–Crippen MR) is 110 cm³/mol. The molecule has 0 radical (unpaired) electrons. The van der Waals surface area contributed by atoms with Gasteiger partial charge >= 0.3 is 58.9 Å². The smallest absolute Gasteiger partial charge is 0.462 e. The molecule has 0 bridgehead atoms. The molecule has 46 heavy (non-hydrogen) atoms. The molecule has 2 unspecified atom stereocenters. The molecule has 6 nitrogen and oxygen atoms in total. The Morgan fingerprint density at radius 1 is 0.522 bits per heavy atom. The number of rotatable bonds is 18. The fourth-order valence-corrected chi connectivity index (χ4v) is 3.11. The van der Waals surface area contributed by atoms with Crippen LogP contribution in [-0.2, 0) is 28.5 Å². The lowest BCUT2D eigenvalue weighted by Crippen LogP contribution is -2.55. The zero-order valence-corrected chi connectivity index (χ0v) is 22.6. The average molecular weight is 768 g/mol. The van der Waals surface area contributed by atoms with Crippen LogP contribution in [0.15, 0.2) is 12.2 Å². The molecule has 0 saturated heterocycles. The van der Waals surface area contributed by atoms with Crippen LogP contribution in [0, 0.1) is 0 Å². The van der Waals surface area contributed by atoms with Crippen molar-refractivity contribution in [2.75, 3.05) is 24.7 Å². The van der Waals surface area contributed by atoms with Crippen LogP contribution in [0.2, 0.25) is 0 Å². The van der Waals surface area contributed by atoms with Gasteiger partial charge < -0.3 is 9.47 Å². The first-order valence-electron chi connectivity index (χ1n) is 10.6. The van der Waals surface area contributed by atoms with Gasteiger partial charge in [0.1, 0.15) is 13.2 Å². The summed E-state index contributed by atoms with van der Waals surface area (Å²) in [5, 5.41) is -10.5. The zero-order valence-electron chi connectivity index (χ0n) is 21.0. The van der Waals surface area contributed by atoms with Gasteiger partial charge in [-0.15, -0.1) is 0 Å². The SMILES string of the molecule is O=C(/C=C\C(=O)OCCSC(F)(F)C(F)OC(F)(F)C(F)(F)C(F)(F)F)OCCSC(F)(F)C(F)OC(F)(F)C(F)(F)C(F)(F)F. The molecule has 2 atom stereocenters. The van der Waals surface area contributed by atoms with E-state index in [1.807, 2.05) is 0 Å². The summed E-state index contributed by atoms with van der Waals surface area (Å²) in [6.45, 7) is -2.40. The van der Waals surface area contributed by atoms with Gasteiger partial charge in [0.05, 0.1) is 0 Å². The van der Waals surface area contributed by atoms with Crippen molar-refractivity contribution in [1.82, 2.24) is 0 Å². The van der Waals surface area contributed by atoms with E-state index in [4.69, 9.17) is 0 Å².